The third kappa shape index (κ3) is 4.82. The summed E-state index contributed by atoms with van der Waals surface area (Å²) in [6, 6.07) is 15.7. The number of hydrogen-bond acceptors (Lipinski definition) is 4. The molecule has 0 spiro atoms. The summed E-state index contributed by atoms with van der Waals surface area (Å²) in [5.41, 5.74) is 2.51. The van der Waals surface area contributed by atoms with Gasteiger partial charge in [0.2, 0.25) is 5.91 Å². The Kier molecular flexibility index (Phi) is 6.33. The van der Waals surface area contributed by atoms with Crippen LogP contribution in [-0.2, 0) is 16.1 Å². The standard InChI is InChI=1S/C24H29N3O3/c1-27(18-10-3-2-4-11-18)16-17-9-5-6-12-19(17)25-23(28)15-22-24(29)26-20-13-7-8-14-21(20)30-22/h5-9,12-14,18,22H,2-4,10-11,15-16H2,1H3,(H,25,28)(H,26,29)/t22-/m1/s1. The SMILES string of the molecule is CN(Cc1ccccc1NC(=O)C[C@H]1Oc2ccccc2NC1=O)C1CCCCC1. The molecule has 2 amide bonds. The van der Waals surface area contributed by atoms with Crippen LogP contribution >= 0.6 is 0 Å². The minimum Gasteiger partial charge on any atom is -0.478 e. The van der Waals surface area contributed by atoms with E-state index in [4.69, 9.17) is 4.74 Å². The number of nitrogens with zero attached hydrogens (tertiary/aromatic N) is 1. The van der Waals surface area contributed by atoms with Crippen LogP contribution in [0, 0.1) is 0 Å². The van der Waals surface area contributed by atoms with E-state index in [-0.39, 0.29) is 18.2 Å². The molecular weight excluding hydrogens is 378 g/mol. The Bertz CT molecular complexity index is 908. The Balaban J connectivity index is 1.38. The van der Waals surface area contributed by atoms with E-state index in [1.165, 1.54) is 32.1 Å². The van der Waals surface area contributed by atoms with E-state index >= 15 is 0 Å². The van der Waals surface area contributed by atoms with E-state index in [9.17, 15) is 9.59 Å². The zero-order valence-electron chi connectivity index (χ0n) is 17.4. The molecule has 158 valence electrons. The van der Waals surface area contributed by atoms with Crippen molar-refractivity contribution in [1.29, 1.82) is 0 Å². The van der Waals surface area contributed by atoms with Gasteiger partial charge in [0.15, 0.2) is 6.10 Å². The van der Waals surface area contributed by atoms with Gasteiger partial charge in [-0.3, -0.25) is 14.5 Å². The van der Waals surface area contributed by atoms with Crippen LogP contribution in [0.3, 0.4) is 0 Å². The van der Waals surface area contributed by atoms with Gasteiger partial charge in [0.25, 0.3) is 5.91 Å². The Hall–Kier alpha value is -2.86. The fourth-order valence-electron chi connectivity index (χ4n) is 4.30. The van der Waals surface area contributed by atoms with Crippen LogP contribution in [-0.4, -0.2) is 35.9 Å². The Labute approximate surface area is 177 Å². The monoisotopic (exact) mass is 407 g/mol. The number of ether oxygens (including phenoxy) is 1. The average molecular weight is 408 g/mol. The van der Waals surface area contributed by atoms with Crippen LogP contribution in [0.5, 0.6) is 5.75 Å². The molecule has 0 radical (unpaired) electrons. The van der Waals surface area contributed by atoms with E-state index in [1.54, 1.807) is 12.1 Å². The van der Waals surface area contributed by atoms with Crippen LogP contribution in [0.4, 0.5) is 11.4 Å². The van der Waals surface area contributed by atoms with E-state index in [2.05, 4.69) is 28.6 Å². The second-order valence-corrected chi connectivity index (χ2v) is 8.21. The van der Waals surface area contributed by atoms with Crippen molar-refractivity contribution in [3.63, 3.8) is 0 Å². The van der Waals surface area contributed by atoms with Crippen molar-refractivity contribution in [2.75, 3.05) is 17.7 Å². The second-order valence-electron chi connectivity index (χ2n) is 8.21. The fourth-order valence-corrected chi connectivity index (χ4v) is 4.30. The lowest BCUT2D eigenvalue weighted by Gasteiger charge is -2.31. The maximum Gasteiger partial charge on any atom is 0.266 e. The van der Waals surface area contributed by atoms with Gasteiger partial charge in [-0.25, -0.2) is 0 Å². The van der Waals surface area contributed by atoms with E-state index < -0.39 is 6.10 Å². The van der Waals surface area contributed by atoms with Crippen molar-refractivity contribution in [1.82, 2.24) is 4.90 Å². The summed E-state index contributed by atoms with van der Waals surface area (Å²) in [6.07, 6.45) is 5.52. The molecule has 1 saturated carbocycles. The third-order valence-corrected chi connectivity index (χ3v) is 5.99. The number of carbonyl (C=O) groups excluding carboxylic acids is 2. The molecule has 4 rings (SSSR count). The van der Waals surface area contributed by atoms with E-state index in [1.807, 2.05) is 30.3 Å². The average Bonchev–Trinajstić information content (AvgIpc) is 2.76. The van der Waals surface area contributed by atoms with Crippen molar-refractivity contribution in [3.05, 3.63) is 54.1 Å². The largest absolute Gasteiger partial charge is 0.478 e. The Morgan fingerprint density at radius 2 is 1.83 bits per heavy atom. The molecule has 1 heterocycles. The molecular formula is C24H29N3O3. The van der Waals surface area contributed by atoms with Gasteiger partial charge in [-0.15, -0.1) is 0 Å². The smallest absolute Gasteiger partial charge is 0.266 e. The molecule has 2 aromatic rings. The molecule has 0 bridgehead atoms. The van der Waals surface area contributed by atoms with Gasteiger partial charge in [-0.05, 0) is 43.7 Å². The van der Waals surface area contributed by atoms with Crippen molar-refractivity contribution in [2.24, 2.45) is 0 Å². The Morgan fingerprint density at radius 1 is 1.10 bits per heavy atom. The minimum atomic E-state index is -0.836. The van der Waals surface area contributed by atoms with Gasteiger partial charge in [0.1, 0.15) is 5.75 Å². The zero-order chi connectivity index (χ0) is 20.9. The number of nitrogens with one attached hydrogen (secondary N) is 2. The van der Waals surface area contributed by atoms with Gasteiger partial charge in [0, 0.05) is 18.3 Å². The highest BCUT2D eigenvalue weighted by Crippen LogP contribution is 2.30. The predicted molar refractivity (Wildman–Crippen MR) is 118 cm³/mol. The number of benzene rings is 2. The van der Waals surface area contributed by atoms with Crippen LogP contribution in [0.25, 0.3) is 0 Å². The summed E-state index contributed by atoms with van der Waals surface area (Å²) in [4.78, 5) is 27.4. The molecule has 2 aromatic carbocycles. The maximum atomic E-state index is 12.7. The first-order valence-electron chi connectivity index (χ1n) is 10.7. The van der Waals surface area contributed by atoms with Crippen molar-refractivity contribution in [2.45, 2.75) is 57.2 Å². The Morgan fingerprint density at radius 3 is 2.67 bits per heavy atom. The molecule has 1 atom stereocenters. The number of hydrogen-bond donors (Lipinski definition) is 2. The quantitative estimate of drug-likeness (QED) is 0.754. The van der Waals surface area contributed by atoms with Crippen LogP contribution in [0.2, 0.25) is 0 Å². The molecule has 0 saturated heterocycles. The summed E-state index contributed by atoms with van der Waals surface area (Å²) >= 11 is 0. The van der Waals surface area contributed by atoms with Crippen LogP contribution in [0.15, 0.2) is 48.5 Å². The number of para-hydroxylation sites is 3. The molecule has 2 N–H and O–H groups in total. The number of carbonyl (C=O) groups is 2. The third-order valence-electron chi connectivity index (χ3n) is 5.99. The van der Waals surface area contributed by atoms with Crippen LogP contribution in [0.1, 0.15) is 44.1 Å². The van der Waals surface area contributed by atoms with Crippen LogP contribution < -0.4 is 15.4 Å². The normalized spacial score (nSPS) is 19.0. The first-order valence-corrected chi connectivity index (χ1v) is 10.7. The lowest BCUT2D eigenvalue weighted by Crippen LogP contribution is -2.39. The molecule has 0 aromatic heterocycles. The zero-order valence-corrected chi connectivity index (χ0v) is 17.4. The molecule has 6 heteroatoms. The molecule has 1 fully saturated rings. The number of amides is 2. The lowest BCUT2D eigenvalue weighted by molar-refractivity contribution is -0.128. The molecule has 2 aliphatic rings. The summed E-state index contributed by atoms with van der Waals surface area (Å²) < 4.78 is 5.75. The molecule has 30 heavy (non-hydrogen) atoms. The first kappa shape index (κ1) is 20.4. The maximum absolute atomic E-state index is 12.7. The van der Waals surface area contributed by atoms with E-state index in [0.29, 0.717) is 17.5 Å². The first-order chi connectivity index (χ1) is 14.6. The summed E-state index contributed by atoms with van der Waals surface area (Å²) in [7, 11) is 2.16. The van der Waals surface area contributed by atoms with Gasteiger partial charge < -0.3 is 15.4 Å². The number of rotatable bonds is 6. The molecule has 6 nitrogen and oxygen atoms in total. The van der Waals surface area contributed by atoms with Gasteiger partial charge in [0.05, 0.1) is 12.1 Å². The van der Waals surface area contributed by atoms with Gasteiger partial charge in [-0.2, -0.15) is 0 Å². The molecule has 0 unspecified atom stereocenters. The summed E-state index contributed by atoms with van der Waals surface area (Å²) in [6.45, 7) is 0.787. The summed E-state index contributed by atoms with van der Waals surface area (Å²) in [5, 5.41) is 5.79. The lowest BCUT2D eigenvalue weighted by atomic mass is 9.94. The van der Waals surface area contributed by atoms with Crippen molar-refractivity contribution >= 4 is 23.2 Å². The summed E-state index contributed by atoms with van der Waals surface area (Å²) in [5.74, 6) is 0.0564. The number of fused-ring (bicyclic) bond motifs is 1. The molecule has 1 aliphatic heterocycles. The number of anilines is 2. The highest BCUT2D eigenvalue weighted by Gasteiger charge is 2.29. The highest BCUT2D eigenvalue weighted by atomic mass is 16.5. The second kappa shape index (κ2) is 9.30. The predicted octanol–water partition coefficient (Wildman–Crippen LogP) is 4.18. The van der Waals surface area contributed by atoms with Gasteiger partial charge >= 0.3 is 0 Å². The highest BCUT2D eigenvalue weighted by molar-refractivity contribution is 6.02. The van der Waals surface area contributed by atoms with Crippen molar-refractivity contribution < 1.29 is 14.3 Å². The van der Waals surface area contributed by atoms with E-state index in [0.717, 1.165) is 17.8 Å². The minimum absolute atomic E-state index is 0.0348. The van der Waals surface area contributed by atoms with Crippen molar-refractivity contribution in [3.8, 4) is 5.75 Å². The van der Waals surface area contributed by atoms with Gasteiger partial charge in [-0.1, -0.05) is 49.6 Å². The molecule has 1 aliphatic carbocycles. The fraction of sp³-hybridized carbons (Fsp3) is 0.417. The topological polar surface area (TPSA) is 70.7 Å².